The molecular formula is C27H27ClN2O2S. The van der Waals surface area contributed by atoms with Crippen LogP contribution in [0.3, 0.4) is 0 Å². The number of methoxy groups -OCH3 is 1. The van der Waals surface area contributed by atoms with Crippen LogP contribution in [0.5, 0.6) is 5.75 Å². The van der Waals surface area contributed by atoms with Crippen LogP contribution in [0, 0.1) is 17.8 Å². The standard InChI is InChI=1S/C27H27ClN2O2S/c1-32-23-8-6-22(7-9-23)29-26-30(27-14-18-10-19(15-27)12-20(11-18)16-27)25(31)24(33-26)13-17-2-4-21(28)5-3-17/h2-9,13,18-20H,10-12,14-16H2,1H3/b24-13-,29-26?. The highest BCUT2D eigenvalue weighted by Gasteiger charge is 2.57. The molecule has 0 aromatic heterocycles. The lowest BCUT2D eigenvalue weighted by Gasteiger charge is -2.59. The predicted molar refractivity (Wildman–Crippen MR) is 135 cm³/mol. The molecule has 2 aromatic rings. The average molecular weight is 479 g/mol. The quantitative estimate of drug-likeness (QED) is 0.448. The molecule has 6 heteroatoms. The van der Waals surface area contributed by atoms with Crippen LogP contribution in [-0.4, -0.2) is 28.6 Å². The summed E-state index contributed by atoms with van der Waals surface area (Å²) in [5, 5.41) is 1.51. The zero-order valence-corrected chi connectivity index (χ0v) is 20.2. The second-order valence-corrected chi connectivity index (χ2v) is 11.5. The molecule has 0 unspecified atom stereocenters. The summed E-state index contributed by atoms with van der Waals surface area (Å²) in [6, 6.07) is 15.4. The molecule has 0 spiro atoms. The van der Waals surface area contributed by atoms with Gasteiger partial charge >= 0.3 is 0 Å². The third-order valence-corrected chi connectivity index (χ3v) is 8.97. The average Bonchev–Trinajstić information content (AvgIpc) is 3.10. The Bertz CT molecular complexity index is 1100. The summed E-state index contributed by atoms with van der Waals surface area (Å²) in [4.78, 5) is 21.7. The first-order chi connectivity index (χ1) is 16.0. The monoisotopic (exact) mass is 478 g/mol. The van der Waals surface area contributed by atoms with Crippen molar-refractivity contribution in [2.24, 2.45) is 22.7 Å². The number of ether oxygens (including phenoxy) is 1. The number of carbonyl (C=O) groups excluding carboxylic acids is 1. The number of rotatable bonds is 4. The maximum absolute atomic E-state index is 13.9. The lowest BCUT2D eigenvalue weighted by molar-refractivity contribution is -0.135. The Morgan fingerprint density at radius 1 is 1.00 bits per heavy atom. The number of hydrogen-bond acceptors (Lipinski definition) is 4. The van der Waals surface area contributed by atoms with Crippen LogP contribution >= 0.6 is 23.4 Å². The van der Waals surface area contributed by atoms with E-state index in [-0.39, 0.29) is 11.4 Å². The number of nitrogens with zero attached hydrogens (tertiary/aromatic N) is 2. The van der Waals surface area contributed by atoms with Gasteiger partial charge in [-0.1, -0.05) is 23.7 Å². The van der Waals surface area contributed by atoms with E-state index in [4.69, 9.17) is 21.3 Å². The van der Waals surface area contributed by atoms with Gasteiger partial charge < -0.3 is 4.74 Å². The van der Waals surface area contributed by atoms with E-state index in [9.17, 15) is 4.79 Å². The van der Waals surface area contributed by atoms with E-state index in [2.05, 4.69) is 4.90 Å². The molecule has 1 amide bonds. The molecular weight excluding hydrogens is 452 g/mol. The van der Waals surface area contributed by atoms with E-state index in [0.717, 1.165) is 64.1 Å². The van der Waals surface area contributed by atoms with E-state index >= 15 is 0 Å². The first kappa shape index (κ1) is 21.3. The number of amidine groups is 1. The Morgan fingerprint density at radius 2 is 1.61 bits per heavy atom. The number of hydrogen-bond donors (Lipinski definition) is 0. The summed E-state index contributed by atoms with van der Waals surface area (Å²) in [6.45, 7) is 0. The molecule has 4 aliphatic carbocycles. The minimum atomic E-state index is -0.0836. The molecule has 5 fully saturated rings. The predicted octanol–water partition coefficient (Wildman–Crippen LogP) is 6.92. The van der Waals surface area contributed by atoms with Gasteiger partial charge in [0.2, 0.25) is 0 Å². The van der Waals surface area contributed by atoms with E-state index in [1.807, 2.05) is 54.6 Å². The molecule has 2 aromatic carbocycles. The fourth-order valence-electron chi connectivity index (χ4n) is 6.78. The Kier molecular flexibility index (Phi) is 5.30. The summed E-state index contributed by atoms with van der Waals surface area (Å²) >= 11 is 7.57. The van der Waals surface area contributed by atoms with Gasteiger partial charge in [-0.2, -0.15) is 0 Å². The fraction of sp³-hybridized carbons (Fsp3) is 0.407. The van der Waals surface area contributed by atoms with Gasteiger partial charge in [-0.25, -0.2) is 4.99 Å². The molecule has 33 heavy (non-hydrogen) atoms. The number of benzene rings is 2. The molecule has 1 aliphatic heterocycles. The van der Waals surface area contributed by atoms with Gasteiger partial charge in [-0.3, -0.25) is 9.69 Å². The SMILES string of the molecule is COc1ccc(N=C2S/C(=C\c3ccc(Cl)cc3)C(=O)N2C23CC4CC(CC(C4)C2)C3)cc1. The maximum Gasteiger partial charge on any atom is 0.267 e. The number of halogens is 1. The second-order valence-electron chi connectivity index (χ2n) is 10.0. The van der Waals surface area contributed by atoms with Gasteiger partial charge in [0, 0.05) is 5.02 Å². The number of aliphatic imine (C=N–C) groups is 1. The minimum absolute atomic E-state index is 0.0836. The Labute approximate surface area is 204 Å². The molecule has 4 saturated carbocycles. The van der Waals surface area contributed by atoms with Gasteiger partial charge in [0.15, 0.2) is 5.17 Å². The number of thioether (sulfide) groups is 1. The largest absolute Gasteiger partial charge is 0.497 e. The van der Waals surface area contributed by atoms with Crippen molar-refractivity contribution < 1.29 is 9.53 Å². The molecule has 4 bridgehead atoms. The second kappa shape index (κ2) is 8.21. The molecule has 7 rings (SSSR count). The summed E-state index contributed by atoms with van der Waals surface area (Å²) in [5.41, 5.74) is 1.74. The summed E-state index contributed by atoms with van der Waals surface area (Å²) in [7, 11) is 1.66. The van der Waals surface area contributed by atoms with Crippen molar-refractivity contribution in [3.05, 3.63) is 64.0 Å². The highest BCUT2D eigenvalue weighted by atomic mass is 35.5. The van der Waals surface area contributed by atoms with Crippen LogP contribution in [0.1, 0.15) is 44.1 Å². The van der Waals surface area contributed by atoms with E-state index < -0.39 is 0 Å². The van der Waals surface area contributed by atoms with Gasteiger partial charge in [-0.15, -0.1) is 0 Å². The smallest absolute Gasteiger partial charge is 0.267 e. The lowest BCUT2D eigenvalue weighted by Crippen LogP contribution is -2.61. The zero-order valence-electron chi connectivity index (χ0n) is 18.7. The van der Waals surface area contributed by atoms with Gasteiger partial charge in [0.05, 0.1) is 23.2 Å². The molecule has 0 atom stereocenters. The molecule has 0 radical (unpaired) electrons. The molecule has 170 valence electrons. The van der Waals surface area contributed by atoms with Crippen LogP contribution in [0.15, 0.2) is 58.4 Å². The Balaban J connectivity index is 1.40. The molecule has 4 nitrogen and oxygen atoms in total. The first-order valence-corrected chi connectivity index (χ1v) is 12.9. The van der Waals surface area contributed by atoms with Crippen molar-refractivity contribution in [1.82, 2.24) is 4.90 Å². The van der Waals surface area contributed by atoms with Crippen LogP contribution < -0.4 is 4.74 Å². The van der Waals surface area contributed by atoms with Crippen molar-refractivity contribution in [2.45, 2.75) is 44.1 Å². The van der Waals surface area contributed by atoms with Crippen molar-refractivity contribution in [3.63, 3.8) is 0 Å². The highest BCUT2D eigenvalue weighted by Crippen LogP contribution is 2.59. The van der Waals surface area contributed by atoms with Crippen molar-refractivity contribution >= 4 is 46.2 Å². The molecule has 1 heterocycles. The van der Waals surface area contributed by atoms with Gasteiger partial charge in [0.25, 0.3) is 5.91 Å². The van der Waals surface area contributed by atoms with E-state index in [1.54, 1.807) is 7.11 Å². The Morgan fingerprint density at radius 3 is 2.18 bits per heavy atom. The summed E-state index contributed by atoms with van der Waals surface area (Å²) < 4.78 is 5.30. The van der Waals surface area contributed by atoms with Crippen LogP contribution in [0.25, 0.3) is 6.08 Å². The molecule has 5 aliphatic rings. The van der Waals surface area contributed by atoms with Crippen LogP contribution in [-0.2, 0) is 4.79 Å². The Hall–Kier alpha value is -2.24. The fourth-order valence-corrected chi connectivity index (χ4v) is 8.00. The summed E-state index contributed by atoms with van der Waals surface area (Å²) in [5.74, 6) is 3.15. The number of carbonyl (C=O) groups is 1. The molecule has 1 saturated heterocycles. The van der Waals surface area contributed by atoms with E-state index in [1.165, 1.54) is 31.0 Å². The van der Waals surface area contributed by atoms with Crippen molar-refractivity contribution in [2.75, 3.05) is 7.11 Å². The van der Waals surface area contributed by atoms with Crippen LogP contribution in [0.2, 0.25) is 5.02 Å². The normalized spacial score (nSPS) is 32.8. The molecule has 0 N–H and O–H groups in total. The third-order valence-electron chi connectivity index (χ3n) is 7.75. The van der Waals surface area contributed by atoms with Gasteiger partial charge in [0.1, 0.15) is 5.75 Å². The first-order valence-electron chi connectivity index (χ1n) is 11.7. The lowest BCUT2D eigenvalue weighted by atomic mass is 9.52. The summed E-state index contributed by atoms with van der Waals surface area (Å²) in [6.07, 6.45) is 9.34. The third kappa shape index (κ3) is 3.89. The highest BCUT2D eigenvalue weighted by molar-refractivity contribution is 8.18. The minimum Gasteiger partial charge on any atom is -0.497 e. The van der Waals surface area contributed by atoms with E-state index in [0.29, 0.717) is 5.02 Å². The number of amides is 1. The van der Waals surface area contributed by atoms with Gasteiger partial charge in [-0.05, 0) is 116 Å². The van der Waals surface area contributed by atoms with Crippen molar-refractivity contribution in [3.8, 4) is 5.75 Å². The maximum atomic E-state index is 13.9. The topological polar surface area (TPSA) is 41.9 Å². The zero-order chi connectivity index (χ0) is 22.6. The van der Waals surface area contributed by atoms with Crippen LogP contribution in [0.4, 0.5) is 5.69 Å². The van der Waals surface area contributed by atoms with Crippen molar-refractivity contribution in [1.29, 1.82) is 0 Å².